The Labute approximate surface area is 91.8 Å². The maximum Gasteiger partial charge on any atom is 0.222 e. The number of nitrogens with one attached hydrogen (secondary N) is 2. The summed E-state index contributed by atoms with van der Waals surface area (Å²) in [6.07, 6.45) is 2.48. The molecular weight excluding hydrogens is 192 g/mol. The molecule has 0 aromatic carbocycles. The maximum atomic E-state index is 11.6. The molecule has 0 saturated carbocycles. The number of carbonyl (C=O) groups is 1. The van der Waals surface area contributed by atoms with Crippen molar-refractivity contribution in [2.75, 3.05) is 26.3 Å². The molecule has 1 heterocycles. The van der Waals surface area contributed by atoms with Crippen molar-refractivity contribution in [2.45, 2.75) is 38.6 Å². The van der Waals surface area contributed by atoms with Crippen LogP contribution in [-0.4, -0.2) is 37.7 Å². The molecule has 0 aliphatic carbocycles. The minimum absolute atomic E-state index is 0.0193. The Hall–Kier alpha value is -0.610. The summed E-state index contributed by atoms with van der Waals surface area (Å²) in [5.41, 5.74) is -0.0193. The fraction of sp³-hybridized carbons (Fsp3) is 0.909. The van der Waals surface area contributed by atoms with E-state index in [1.54, 1.807) is 0 Å². The topological polar surface area (TPSA) is 50.4 Å². The van der Waals surface area contributed by atoms with Crippen molar-refractivity contribution in [2.24, 2.45) is 0 Å². The van der Waals surface area contributed by atoms with Gasteiger partial charge in [0.2, 0.25) is 5.91 Å². The van der Waals surface area contributed by atoms with Crippen molar-refractivity contribution in [1.29, 1.82) is 0 Å². The lowest BCUT2D eigenvalue weighted by Gasteiger charge is -2.35. The lowest BCUT2D eigenvalue weighted by molar-refractivity contribution is -0.124. The Morgan fingerprint density at radius 1 is 1.47 bits per heavy atom. The van der Waals surface area contributed by atoms with Gasteiger partial charge in [0.25, 0.3) is 0 Å². The van der Waals surface area contributed by atoms with Crippen LogP contribution in [0.5, 0.6) is 0 Å². The largest absolute Gasteiger partial charge is 0.381 e. The van der Waals surface area contributed by atoms with Crippen LogP contribution in [0.2, 0.25) is 0 Å². The average molecular weight is 214 g/mol. The highest BCUT2D eigenvalue weighted by Gasteiger charge is 2.27. The number of carbonyl (C=O) groups excluding carboxylic acids is 1. The van der Waals surface area contributed by atoms with Crippen molar-refractivity contribution in [3.8, 4) is 0 Å². The Balaban J connectivity index is 2.23. The molecule has 0 atom stereocenters. The Morgan fingerprint density at radius 3 is 2.73 bits per heavy atom. The second-order valence-corrected chi connectivity index (χ2v) is 4.31. The monoisotopic (exact) mass is 214 g/mol. The number of ether oxygens (including phenoxy) is 1. The Bertz CT molecular complexity index is 201. The third-order valence-corrected chi connectivity index (χ3v) is 2.83. The van der Waals surface area contributed by atoms with Gasteiger partial charge < -0.3 is 15.4 Å². The van der Waals surface area contributed by atoms with E-state index in [-0.39, 0.29) is 11.4 Å². The highest BCUT2D eigenvalue weighted by molar-refractivity contribution is 5.76. The quantitative estimate of drug-likeness (QED) is 0.661. The molecular formula is C11H22N2O2. The van der Waals surface area contributed by atoms with Crippen LogP contribution in [0.15, 0.2) is 0 Å². The van der Waals surface area contributed by atoms with Crippen molar-refractivity contribution in [3.05, 3.63) is 0 Å². The first-order valence-electron chi connectivity index (χ1n) is 5.76. The molecule has 0 unspecified atom stereocenters. The lowest BCUT2D eigenvalue weighted by Crippen LogP contribution is -2.52. The van der Waals surface area contributed by atoms with Gasteiger partial charge in [-0.1, -0.05) is 0 Å². The Morgan fingerprint density at radius 2 is 2.13 bits per heavy atom. The van der Waals surface area contributed by atoms with Crippen molar-refractivity contribution < 1.29 is 9.53 Å². The lowest BCUT2D eigenvalue weighted by atomic mass is 9.90. The maximum absolute atomic E-state index is 11.6. The highest BCUT2D eigenvalue weighted by atomic mass is 16.5. The SMILES string of the molecule is CCOCCC(=O)NC1(C)CCNCC1. The minimum atomic E-state index is -0.0193. The molecule has 1 fully saturated rings. The zero-order valence-corrected chi connectivity index (χ0v) is 9.77. The molecule has 0 aromatic rings. The van der Waals surface area contributed by atoms with Crippen LogP contribution < -0.4 is 10.6 Å². The zero-order valence-electron chi connectivity index (χ0n) is 9.77. The molecule has 1 aliphatic rings. The molecule has 1 amide bonds. The van der Waals surface area contributed by atoms with E-state index in [1.807, 2.05) is 6.92 Å². The fourth-order valence-electron chi connectivity index (χ4n) is 1.81. The summed E-state index contributed by atoms with van der Waals surface area (Å²) in [6, 6.07) is 0. The van der Waals surface area contributed by atoms with E-state index in [4.69, 9.17) is 4.74 Å². The summed E-state index contributed by atoms with van der Waals surface area (Å²) in [7, 11) is 0. The summed E-state index contributed by atoms with van der Waals surface area (Å²) in [4.78, 5) is 11.6. The predicted octanol–water partition coefficient (Wildman–Crippen LogP) is 0.671. The van der Waals surface area contributed by atoms with Crippen LogP contribution in [0.1, 0.15) is 33.1 Å². The summed E-state index contributed by atoms with van der Waals surface area (Å²) in [5, 5.41) is 6.38. The van der Waals surface area contributed by atoms with Gasteiger partial charge in [0, 0.05) is 18.6 Å². The summed E-state index contributed by atoms with van der Waals surface area (Å²) in [6.45, 7) is 7.23. The number of amides is 1. The molecule has 2 N–H and O–H groups in total. The average Bonchev–Trinajstić information content (AvgIpc) is 2.18. The van der Waals surface area contributed by atoms with Crippen molar-refractivity contribution in [3.63, 3.8) is 0 Å². The van der Waals surface area contributed by atoms with E-state index in [1.165, 1.54) is 0 Å². The van der Waals surface area contributed by atoms with Crippen LogP contribution in [-0.2, 0) is 9.53 Å². The summed E-state index contributed by atoms with van der Waals surface area (Å²) in [5.74, 6) is 0.104. The smallest absolute Gasteiger partial charge is 0.222 e. The van der Waals surface area contributed by atoms with Crippen LogP contribution in [0.25, 0.3) is 0 Å². The normalized spacial score (nSPS) is 19.9. The molecule has 0 bridgehead atoms. The van der Waals surface area contributed by atoms with Crippen LogP contribution >= 0.6 is 0 Å². The van der Waals surface area contributed by atoms with Gasteiger partial charge in [-0.25, -0.2) is 0 Å². The molecule has 4 nitrogen and oxygen atoms in total. The molecule has 88 valence electrons. The van der Waals surface area contributed by atoms with Crippen LogP contribution in [0.4, 0.5) is 0 Å². The molecule has 0 radical (unpaired) electrons. The number of hydrogen-bond acceptors (Lipinski definition) is 3. The number of hydrogen-bond donors (Lipinski definition) is 2. The highest BCUT2D eigenvalue weighted by Crippen LogP contribution is 2.16. The second kappa shape index (κ2) is 6.08. The van der Waals surface area contributed by atoms with E-state index < -0.39 is 0 Å². The van der Waals surface area contributed by atoms with E-state index in [0.717, 1.165) is 25.9 Å². The van der Waals surface area contributed by atoms with Gasteiger partial charge in [-0.15, -0.1) is 0 Å². The molecule has 0 aromatic heterocycles. The number of rotatable bonds is 5. The molecule has 1 saturated heterocycles. The van der Waals surface area contributed by atoms with E-state index >= 15 is 0 Å². The predicted molar refractivity (Wildman–Crippen MR) is 59.8 cm³/mol. The molecule has 0 spiro atoms. The van der Waals surface area contributed by atoms with Gasteiger partial charge in [-0.2, -0.15) is 0 Å². The first kappa shape index (κ1) is 12.5. The third-order valence-electron chi connectivity index (χ3n) is 2.83. The minimum Gasteiger partial charge on any atom is -0.381 e. The number of piperidine rings is 1. The van der Waals surface area contributed by atoms with Crippen molar-refractivity contribution in [1.82, 2.24) is 10.6 Å². The van der Waals surface area contributed by atoms with Gasteiger partial charge in [-0.05, 0) is 39.8 Å². The van der Waals surface area contributed by atoms with Gasteiger partial charge in [0.1, 0.15) is 0 Å². The third kappa shape index (κ3) is 4.62. The van der Waals surface area contributed by atoms with E-state index in [0.29, 0.717) is 19.6 Å². The first-order chi connectivity index (χ1) is 7.16. The second-order valence-electron chi connectivity index (χ2n) is 4.31. The fourth-order valence-corrected chi connectivity index (χ4v) is 1.81. The van der Waals surface area contributed by atoms with E-state index in [2.05, 4.69) is 17.6 Å². The van der Waals surface area contributed by atoms with Gasteiger partial charge in [-0.3, -0.25) is 4.79 Å². The van der Waals surface area contributed by atoms with Gasteiger partial charge in [0.05, 0.1) is 6.61 Å². The standard InChI is InChI=1S/C11H22N2O2/c1-3-15-9-4-10(14)13-11(2)5-7-12-8-6-11/h12H,3-9H2,1-2H3,(H,13,14). The summed E-state index contributed by atoms with van der Waals surface area (Å²) < 4.78 is 5.15. The zero-order chi connectivity index (χ0) is 11.1. The van der Waals surface area contributed by atoms with Gasteiger partial charge in [0.15, 0.2) is 0 Å². The molecule has 1 aliphatic heterocycles. The van der Waals surface area contributed by atoms with Crippen LogP contribution in [0, 0.1) is 0 Å². The molecule has 1 rings (SSSR count). The Kier molecular flexibility index (Phi) is 5.05. The van der Waals surface area contributed by atoms with E-state index in [9.17, 15) is 4.79 Å². The van der Waals surface area contributed by atoms with Crippen molar-refractivity contribution >= 4 is 5.91 Å². The first-order valence-corrected chi connectivity index (χ1v) is 5.76. The summed E-state index contributed by atoms with van der Waals surface area (Å²) >= 11 is 0. The molecule has 4 heteroatoms. The van der Waals surface area contributed by atoms with Gasteiger partial charge >= 0.3 is 0 Å². The van der Waals surface area contributed by atoms with Crippen LogP contribution in [0.3, 0.4) is 0 Å². The molecule has 15 heavy (non-hydrogen) atoms.